The molecule has 26 heavy (non-hydrogen) atoms. The Kier molecular flexibility index (Phi) is 5.35. The molecular weight excluding hydrogens is 374 g/mol. The van der Waals surface area contributed by atoms with Crippen molar-refractivity contribution in [3.63, 3.8) is 0 Å². The first-order valence-electron chi connectivity index (χ1n) is 8.22. The van der Waals surface area contributed by atoms with Gasteiger partial charge in [0.2, 0.25) is 15.9 Å². The molecule has 1 atom stereocenters. The minimum Gasteiger partial charge on any atom is -0.349 e. The highest BCUT2D eigenvalue weighted by Gasteiger charge is 2.28. The molecule has 1 heterocycles. The molecule has 3 rings (SSSR count). The molecule has 3 N–H and O–H groups in total. The number of sulfonamides is 1. The molecule has 0 aliphatic heterocycles. The van der Waals surface area contributed by atoms with Gasteiger partial charge in [-0.05, 0) is 44.4 Å². The van der Waals surface area contributed by atoms with E-state index in [2.05, 4.69) is 20.1 Å². The van der Waals surface area contributed by atoms with Crippen LogP contribution in [-0.4, -0.2) is 34.8 Å². The van der Waals surface area contributed by atoms with E-state index in [4.69, 9.17) is 5.14 Å². The van der Waals surface area contributed by atoms with Crippen molar-refractivity contribution in [1.82, 2.24) is 20.1 Å². The summed E-state index contributed by atoms with van der Waals surface area (Å²) in [5.74, 6) is 0.990. The maximum atomic E-state index is 12.2. The van der Waals surface area contributed by atoms with E-state index in [1.165, 1.54) is 23.9 Å². The lowest BCUT2D eigenvalue weighted by molar-refractivity contribution is -0.119. The van der Waals surface area contributed by atoms with Crippen molar-refractivity contribution in [3.8, 4) is 0 Å². The van der Waals surface area contributed by atoms with Crippen molar-refractivity contribution in [2.75, 3.05) is 5.75 Å². The van der Waals surface area contributed by atoms with Crippen molar-refractivity contribution in [1.29, 1.82) is 0 Å². The Morgan fingerprint density at radius 2 is 2.00 bits per heavy atom. The summed E-state index contributed by atoms with van der Waals surface area (Å²) in [5, 5.41) is 17.0. The monoisotopic (exact) mass is 395 g/mol. The Balaban J connectivity index is 1.56. The summed E-state index contributed by atoms with van der Waals surface area (Å²) >= 11 is 1.37. The molecule has 1 aliphatic carbocycles. The lowest BCUT2D eigenvalue weighted by atomic mass is 10.1. The number of nitrogens with zero attached hydrogens (tertiary/aromatic N) is 3. The summed E-state index contributed by atoms with van der Waals surface area (Å²) < 4.78 is 24.7. The van der Waals surface area contributed by atoms with Crippen LogP contribution in [0.4, 0.5) is 0 Å². The molecule has 0 spiro atoms. The van der Waals surface area contributed by atoms with E-state index in [-0.39, 0.29) is 22.6 Å². The highest BCUT2D eigenvalue weighted by Crippen LogP contribution is 2.38. The molecule has 140 valence electrons. The summed E-state index contributed by atoms with van der Waals surface area (Å²) in [7, 11) is -3.72. The van der Waals surface area contributed by atoms with E-state index in [1.54, 1.807) is 12.1 Å². The first-order valence-corrected chi connectivity index (χ1v) is 10.8. The van der Waals surface area contributed by atoms with Gasteiger partial charge in [0.15, 0.2) is 5.16 Å². The molecule has 1 amide bonds. The second-order valence-electron chi connectivity index (χ2n) is 6.32. The fourth-order valence-electron chi connectivity index (χ4n) is 2.64. The average Bonchev–Trinajstić information content (AvgIpc) is 3.35. The Labute approximate surface area is 156 Å². The minimum atomic E-state index is -3.72. The second-order valence-corrected chi connectivity index (χ2v) is 8.83. The Bertz CT molecular complexity index is 904. The number of thioether (sulfide) groups is 1. The number of nitrogens with one attached hydrogen (secondary N) is 1. The van der Waals surface area contributed by atoms with Crippen LogP contribution in [0.25, 0.3) is 0 Å². The normalized spacial score (nSPS) is 15.7. The van der Waals surface area contributed by atoms with Gasteiger partial charge in [-0.2, -0.15) is 0 Å². The zero-order valence-corrected chi connectivity index (χ0v) is 16.2. The average molecular weight is 396 g/mol. The van der Waals surface area contributed by atoms with Crippen LogP contribution < -0.4 is 10.5 Å². The van der Waals surface area contributed by atoms with E-state index >= 15 is 0 Å². The standard InChI is InChI=1S/C16H21N5O3S2/c1-10(12-3-7-14(8-4-12)26(17,23)24)18-15(22)9-25-16-20-19-11(2)21(16)13-5-6-13/h3-4,7-8,10,13H,5-6,9H2,1-2H3,(H,18,22)(H2,17,23,24). The number of rotatable bonds is 7. The van der Waals surface area contributed by atoms with Gasteiger partial charge in [0, 0.05) is 6.04 Å². The van der Waals surface area contributed by atoms with Crippen LogP contribution in [0.3, 0.4) is 0 Å². The van der Waals surface area contributed by atoms with Crippen LogP contribution >= 0.6 is 11.8 Å². The smallest absolute Gasteiger partial charge is 0.238 e. The van der Waals surface area contributed by atoms with Crippen molar-refractivity contribution in [3.05, 3.63) is 35.7 Å². The van der Waals surface area contributed by atoms with Gasteiger partial charge in [-0.1, -0.05) is 23.9 Å². The Morgan fingerprint density at radius 1 is 1.35 bits per heavy atom. The summed E-state index contributed by atoms with van der Waals surface area (Å²) in [5.41, 5.74) is 0.799. The number of primary sulfonamides is 1. The van der Waals surface area contributed by atoms with E-state index in [0.717, 1.165) is 29.4 Å². The first kappa shape index (κ1) is 18.9. The lowest BCUT2D eigenvalue weighted by Crippen LogP contribution is -2.28. The number of hydrogen-bond donors (Lipinski definition) is 2. The van der Waals surface area contributed by atoms with E-state index < -0.39 is 10.0 Å². The molecule has 1 aliphatic rings. The third-order valence-electron chi connectivity index (χ3n) is 4.17. The molecule has 8 nitrogen and oxygen atoms in total. The van der Waals surface area contributed by atoms with Gasteiger partial charge in [0.1, 0.15) is 5.82 Å². The lowest BCUT2D eigenvalue weighted by Gasteiger charge is -2.14. The van der Waals surface area contributed by atoms with Gasteiger partial charge < -0.3 is 9.88 Å². The second kappa shape index (κ2) is 7.37. The highest BCUT2D eigenvalue weighted by atomic mass is 32.2. The molecule has 1 aromatic carbocycles. The van der Waals surface area contributed by atoms with Crippen molar-refractivity contribution >= 4 is 27.7 Å². The number of carbonyl (C=O) groups is 1. The van der Waals surface area contributed by atoms with Gasteiger partial charge in [0.05, 0.1) is 16.7 Å². The largest absolute Gasteiger partial charge is 0.349 e. The van der Waals surface area contributed by atoms with Crippen LogP contribution in [0.2, 0.25) is 0 Å². The number of nitrogens with two attached hydrogens (primary N) is 1. The number of hydrogen-bond acceptors (Lipinski definition) is 6. The van der Waals surface area contributed by atoms with Crippen molar-refractivity contribution in [2.24, 2.45) is 5.14 Å². The van der Waals surface area contributed by atoms with Gasteiger partial charge in [-0.15, -0.1) is 10.2 Å². The van der Waals surface area contributed by atoms with Gasteiger partial charge in [0.25, 0.3) is 0 Å². The van der Waals surface area contributed by atoms with Gasteiger partial charge >= 0.3 is 0 Å². The molecule has 1 saturated carbocycles. The zero-order valence-electron chi connectivity index (χ0n) is 14.5. The number of amides is 1. The molecule has 1 unspecified atom stereocenters. The van der Waals surface area contributed by atoms with E-state index in [1.807, 2.05) is 13.8 Å². The Morgan fingerprint density at radius 3 is 2.58 bits per heavy atom. The molecule has 1 fully saturated rings. The topological polar surface area (TPSA) is 120 Å². The molecule has 0 bridgehead atoms. The van der Waals surface area contributed by atoms with Crippen LogP contribution in [0.1, 0.15) is 43.2 Å². The van der Waals surface area contributed by atoms with Crippen LogP contribution in [0, 0.1) is 6.92 Å². The predicted octanol–water partition coefficient (Wildman–Crippen LogP) is 1.54. The molecule has 1 aromatic heterocycles. The van der Waals surface area contributed by atoms with Crippen LogP contribution in [0.15, 0.2) is 34.3 Å². The zero-order chi connectivity index (χ0) is 18.9. The number of aromatic nitrogens is 3. The van der Waals surface area contributed by atoms with Crippen LogP contribution in [0.5, 0.6) is 0 Å². The molecule has 0 radical (unpaired) electrons. The predicted molar refractivity (Wildman–Crippen MR) is 98.1 cm³/mol. The summed E-state index contributed by atoms with van der Waals surface area (Å²) in [4.78, 5) is 12.3. The quantitative estimate of drug-likeness (QED) is 0.686. The van der Waals surface area contributed by atoms with Crippen molar-refractivity contribution in [2.45, 2.75) is 48.8 Å². The number of benzene rings is 1. The summed E-state index contributed by atoms with van der Waals surface area (Å²) in [6.07, 6.45) is 2.26. The van der Waals surface area contributed by atoms with E-state index in [0.29, 0.717) is 6.04 Å². The maximum absolute atomic E-state index is 12.2. The van der Waals surface area contributed by atoms with Gasteiger partial charge in [-0.3, -0.25) is 4.79 Å². The third-order valence-corrected chi connectivity index (χ3v) is 6.04. The van der Waals surface area contributed by atoms with Crippen LogP contribution in [-0.2, 0) is 14.8 Å². The third kappa shape index (κ3) is 4.43. The molecular formula is C16H21N5O3S2. The molecule has 0 saturated heterocycles. The van der Waals surface area contributed by atoms with Crippen molar-refractivity contribution < 1.29 is 13.2 Å². The van der Waals surface area contributed by atoms with Gasteiger partial charge in [-0.25, -0.2) is 13.6 Å². The number of carbonyl (C=O) groups excluding carboxylic acids is 1. The summed E-state index contributed by atoms with van der Waals surface area (Å²) in [6, 6.07) is 6.37. The SMILES string of the molecule is Cc1nnc(SCC(=O)NC(C)c2ccc(S(N)(=O)=O)cc2)n1C1CC1. The molecule has 2 aromatic rings. The number of aryl methyl sites for hydroxylation is 1. The fraction of sp³-hybridized carbons (Fsp3) is 0.438. The Hall–Kier alpha value is -1.91. The fourth-order valence-corrected chi connectivity index (χ4v) is 4.02. The minimum absolute atomic E-state index is 0.0464. The van der Waals surface area contributed by atoms with E-state index in [9.17, 15) is 13.2 Å². The highest BCUT2D eigenvalue weighted by molar-refractivity contribution is 7.99. The summed E-state index contributed by atoms with van der Waals surface area (Å²) in [6.45, 7) is 3.76. The maximum Gasteiger partial charge on any atom is 0.238 e. The first-order chi connectivity index (χ1) is 12.3. The molecule has 10 heteroatoms.